The molecule has 3 aromatic heterocycles. The van der Waals surface area contributed by atoms with E-state index in [2.05, 4.69) is 19.9 Å². The molecule has 1 atom stereocenters. The number of rotatable bonds is 5. The van der Waals surface area contributed by atoms with Crippen LogP contribution in [0.4, 0.5) is 5.95 Å². The molecule has 0 spiro atoms. The summed E-state index contributed by atoms with van der Waals surface area (Å²) < 4.78 is 1.72. The summed E-state index contributed by atoms with van der Waals surface area (Å²) >= 11 is 0. The number of hydrogen-bond acceptors (Lipinski definition) is 6. The fourth-order valence-corrected chi connectivity index (χ4v) is 2.37. The van der Waals surface area contributed by atoms with E-state index in [1.807, 2.05) is 6.07 Å². The molecule has 1 unspecified atom stereocenters. The number of nitrogen functional groups attached to an aromatic ring is 1. The molecule has 0 aliphatic heterocycles. The zero-order chi connectivity index (χ0) is 15.5. The van der Waals surface area contributed by atoms with Crippen LogP contribution in [0.1, 0.15) is 24.5 Å². The fourth-order valence-electron chi connectivity index (χ4n) is 2.37. The van der Waals surface area contributed by atoms with Gasteiger partial charge >= 0.3 is 0 Å². The van der Waals surface area contributed by atoms with Gasteiger partial charge in [0.2, 0.25) is 5.95 Å². The van der Waals surface area contributed by atoms with E-state index in [1.54, 1.807) is 29.4 Å². The highest BCUT2D eigenvalue weighted by Crippen LogP contribution is 2.18. The molecule has 0 aliphatic rings. The number of H-pyrrole nitrogens is 1. The Morgan fingerprint density at radius 2 is 2.32 bits per heavy atom. The zero-order valence-corrected chi connectivity index (χ0v) is 11.8. The summed E-state index contributed by atoms with van der Waals surface area (Å²) in [4.78, 5) is 26.4. The number of anilines is 1. The number of nitrogens with zero attached hydrogens (tertiary/aromatic N) is 4. The van der Waals surface area contributed by atoms with Crippen LogP contribution in [0, 0.1) is 0 Å². The highest BCUT2D eigenvalue weighted by atomic mass is 16.3. The molecule has 0 fully saturated rings. The van der Waals surface area contributed by atoms with Crippen LogP contribution in [0.25, 0.3) is 11.2 Å². The number of nitrogens with one attached hydrogen (secondary N) is 1. The van der Waals surface area contributed by atoms with Crippen molar-refractivity contribution in [1.29, 1.82) is 0 Å². The topological polar surface area (TPSA) is 123 Å². The Balaban J connectivity index is 1.69. The van der Waals surface area contributed by atoms with Crippen LogP contribution in [0.2, 0.25) is 0 Å². The van der Waals surface area contributed by atoms with E-state index in [0.29, 0.717) is 30.6 Å². The first-order chi connectivity index (χ1) is 10.6. The van der Waals surface area contributed by atoms with Crippen LogP contribution in [0.15, 0.2) is 35.6 Å². The first-order valence-electron chi connectivity index (χ1n) is 6.94. The van der Waals surface area contributed by atoms with Gasteiger partial charge in [-0.15, -0.1) is 0 Å². The first kappa shape index (κ1) is 14.2. The van der Waals surface area contributed by atoms with Crippen LogP contribution in [0.5, 0.6) is 0 Å². The maximum atomic E-state index is 11.9. The second kappa shape index (κ2) is 5.94. The lowest BCUT2D eigenvalue weighted by Gasteiger charge is -2.10. The molecule has 3 heterocycles. The largest absolute Gasteiger partial charge is 0.388 e. The third kappa shape index (κ3) is 2.82. The highest BCUT2D eigenvalue weighted by Gasteiger charge is 2.11. The summed E-state index contributed by atoms with van der Waals surface area (Å²) in [5.74, 6) is 0.0507. The molecular formula is C14H16N6O2. The summed E-state index contributed by atoms with van der Waals surface area (Å²) in [5.41, 5.74) is 6.68. The molecule has 8 heteroatoms. The minimum absolute atomic E-state index is 0.0507. The van der Waals surface area contributed by atoms with Crippen LogP contribution in [-0.2, 0) is 6.54 Å². The molecule has 0 saturated carbocycles. The third-order valence-corrected chi connectivity index (χ3v) is 3.45. The van der Waals surface area contributed by atoms with E-state index in [1.165, 1.54) is 0 Å². The molecule has 0 bridgehead atoms. The predicted molar refractivity (Wildman–Crippen MR) is 81.0 cm³/mol. The number of pyridine rings is 1. The van der Waals surface area contributed by atoms with Gasteiger partial charge in [-0.1, -0.05) is 6.07 Å². The van der Waals surface area contributed by atoms with Gasteiger partial charge in [-0.25, -0.2) is 4.98 Å². The molecule has 3 rings (SSSR count). The van der Waals surface area contributed by atoms with Crippen LogP contribution in [0.3, 0.4) is 0 Å². The fraction of sp³-hybridized carbons (Fsp3) is 0.286. The molecule has 0 saturated heterocycles. The normalized spacial score (nSPS) is 12.6. The Kier molecular flexibility index (Phi) is 3.84. The standard InChI is InChI=1S/C14H16N6O2/c15-14-18-12-11(13(22)19-14)20(8-17-12)6-2-4-10(21)9-3-1-5-16-7-9/h1,3,5,7-8,10,21H,2,4,6H2,(H3,15,18,19,22). The van der Waals surface area contributed by atoms with Gasteiger partial charge in [-0.2, -0.15) is 4.98 Å². The van der Waals surface area contributed by atoms with Gasteiger partial charge < -0.3 is 15.4 Å². The molecule has 114 valence electrons. The van der Waals surface area contributed by atoms with Gasteiger partial charge in [-0.3, -0.25) is 14.8 Å². The van der Waals surface area contributed by atoms with Gasteiger partial charge in [0.25, 0.3) is 5.56 Å². The number of aliphatic hydroxyl groups is 1. The van der Waals surface area contributed by atoms with E-state index >= 15 is 0 Å². The summed E-state index contributed by atoms with van der Waals surface area (Å²) in [7, 11) is 0. The number of aromatic nitrogens is 5. The van der Waals surface area contributed by atoms with Gasteiger partial charge in [0.1, 0.15) is 0 Å². The Hall–Kier alpha value is -2.74. The van der Waals surface area contributed by atoms with Crippen molar-refractivity contribution in [2.24, 2.45) is 0 Å². The number of nitrogens with two attached hydrogens (primary N) is 1. The zero-order valence-electron chi connectivity index (χ0n) is 11.8. The van der Waals surface area contributed by atoms with E-state index in [0.717, 1.165) is 5.56 Å². The van der Waals surface area contributed by atoms with Crippen molar-refractivity contribution in [2.75, 3.05) is 5.73 Å². The smallest absolute Gasteiger partial charge is 0.278 e. The van der Waals surface area contributed by atoms with Gasteiger partial charge in [-0.05, 0) is 24.5 Å². The molecule has 0 amide bonds. The summed E-state index contributed by atoms with van der Waals surface area (Å²) in [6, 6.07) is 3.62. The lowest BCUT2D eigenvalue weighted by atomic mass is 10.1. The van der Waals surface area contributed by atoms with Crippen LogP contribution >= 0.6 is 0 Å². The van der Waals surface area contributed by atoms with Crippen molar-refractivity contribution in [2.45, 2.75) is 25.5 Å². The minimum atomic E-state index is -0.574. The second-order valence-electron chi connectivity index (χ2n) is 5.01. The van der Waals surface area contributed by atoms with Gasteiger partial charge in [0, 0.05) is 18.9 Å². The Morgan fingerprint density at radius 3 is 3.09 bits per heavy atom. The molecular weight excluding hydrogens is 284 g/mol. The Bertz CT molecular complexity index is 826. The predicted octanol–water partition coefficient (Wildman–Crippen LogP) is 0.611. The van der Waals surface area contributed by atoms with Crippen molar-refractivity contribution < 1.29 is 5.11 Å². The average molecular weight is 300 g/mol. The first-order valence-corrected chi connectivity index (χ1v) is 6.94. The van der Waals surface area contributed by atoms with Crippen molar-refractivity contribution in [3.63, 3.8) is 0 Å². The van der Waals surface area contributed by atoms with Crippen LogP contribution in [-0.4, -0.2) is 29.6 Å². The van der Waals surface area contributed by atoms with E-state index in [9.17, 15) is 9.90 Å². The van der Waals surface area contributed by atoms with Crippen molar-refractivity contribution in [3.8, 4) is 0 Å². The summed E-state index contributed by atoms with van der Waals surface area (Å²) in [6.45, 7) is 0.558. The van der Waals surface area contributed by atoms with E-state index in [-0.39, 0.29) is 11.5 Å². The molecule has 0 aliphatic carbocycles. The van der Waals surface area contributed by atoms with Gasteiger partial charge in [0.15, 0.2) is 11.2 Å². The van der Waals surface area contributed by atoms with Crippen molar-refractivity contribution >= 4 is 17.1 Å². The number of imidazole rings is 1. The SMILES string of the molecule is Nc1nc2ncn(CCCC(O)c3cccnc3)c2c(=O)[nH]1. The number of aromatic amines is 1. The lowest BCUT2D eigenvalue weighted by Crippen LogP contribution is -2.14. The monoisotopic (exact) mass is 300 g/mol. The molecule has 3 aromatic rings. The van der Waals surface area contributed by atoms with Crippen LogP contribution < -0.4 is 11.3 Å². The number of fused-ring (bicyclic) bond motifs is 1. The lowest BCUT2D eigenvalue weighted by molar-refractivity contribution is 0.162. The molecule has 22 heavy (non-hydrogen) atoms. The second-order valence-corrected chi connectivity index (χ2v) is 5.01. The molecule has 0 aromatic carbocycles. The van der Waals surface area contributed by atoms with E-state index in [4.69, 9.17) is 5.73 Å². The molecule has 8 nitrogen and oxygen atoms in total. The van der Waals surface area contributed by atoms with E-state index < -0.39 is 6.10 Å². The maximum Gasteiger partial charge on any atom is 0.278 e. The summed E-state index contributed by atoms with van der Waals surface area (Å²) in [5, 5.41) is 10.1. The molecule has 0 radical (unpaired) electrons. The number of hydrogen-bond donors (Lipinski definition) is 3. The minimum Gasteiger partial charge on any atom is -0.388 e. The quantitative estimate of drug-likeness (QED) is 0.634. The number of aliphatic hydroxyl groups excluding tert-OH is 1. The highest BCUT2D eigenvalue weighted by molar-refractivity contribution is 5.70. The van der Waals surface area contributed by atoms with Gasteiger partial charge in [0.05, 0.1) is 12.4 Å². The average Bonchev–Trinajstić information content (AvgIpc) is 2.91. The number of aryl methyl sites for hydroxylation is 1. The third-order valence-electron chi connectivity index (χ3n) is 3.45. The summed E-state index contributed by atoms with van der Waals surface area (Å²) in [6.07, 6.45) is 5.54. The van der Waals surface area contributed by atoms with Crippen molar-refractivity contribution in [3.05, 3.63) is 46.8 Å². The molecule has 4 N–H and O–H groups in total. The Labute approximate surface area is 125 Å². The van der Waals surface area contributed by atoms with Crippen molar-refractivity contribution in [1.82, 2.24) is 24.5 Å². The Morgan fingerprint density at radius 1 is 1.45 bits per heavy atom. The maximum absolute atomic E-state index is 11.9.